The molecule has 59 heavy (non-hydrogen) atoms. The monoisotopic (exact) mass is 796 g/mol. The molecule has 6 N–H and O–H groups in total. The van der Waals surface area contributed by atoms with Crippen LogP contribution in [0.15, 0.2) is 63.6 Å². The van der Waals surface area contributed by atoms with E-state index >= 15 is 0 Å². The van der Waals surface area contributed by atoms with Crippen molar-refractivity contribution in [1.82, 2.24) is 25.6 Å². The summed E-state index contributed by atoms with van der Waals surface area (Å²) in [6, 6.07) is 12.9. The minimum absolute atomic E-state index is 0.00838. The van der Waals surface area contributed by atoms with Crippen LogP contribution in [0.1, 0.15) is 90.8 Å². The summed E-state index contributed by atoms with van der Waals surface area (Å²) >= 11 is 0. The number of anilines is 1. The number of aromatic nitrogens is 3. The number of carbonyl (C=O) groups is 3. The second-order valence-corrected chi connectivity index (χ2v) is 16.6. The third kappa shape index (κ3) is 4.87. The Labute approximate surface area is 336 Å². The first kappa shape index (κ1) is 35.5. The predicted octanol–water partition coefficient (Wildman–Crippen LogP) is 5.98. The predicted molar refractivity (Wildman–Crippen MR) is 211 cm³/mol. The zero-order chi connectivity index (χ0) is 40.5. The molecule has 1 spiro atoms. The van der Waals surface area contributed by atoms with Crippen LogP contribution in [0.25, 0.3) is 44.9 Å². The zero-order valence-corrected chi connectivity index (χ0v) is 32.4. The van der Waals surface area contributed by atoms with Gasteiger partial charge in [-0.1, -0.05) is 63.4 Å². The van der Waals surface area contributed by atoms with E-state index in [2.05, 4.69) is 20.9 Å². The Morgan fingerprint density at radius 2 is 1.83 bits per heavy atom. The molecule has 2 amide bonds. The number of oxazole rings is 2. The summed E-state index contributed by atoms with van der Waals surface area (Å²) in [6.07, 6.45) is 3.96. The quantitative estimate of drug-likeness (QED) is 0.114. The van der Waals surface area contributed by atoms with Crippen molar-refractivity contribution < 1.29 is 42.9 Å². The fraction of sp³-hybridized carbons (Fsp3) is 0.341. The highest BCUT2D eigenvalue weighted by Gasteiger charge is 2.62. The van der Waals surface area contributed by atoms with Crippen LogP contribution in [0, 0.1) is 5.92 Å². The molecular formula is C44H40N6O9. The lowest BCUT2D eigenvalue weighted by Gasteiger charge is -2.33. The van der Waals surface area contributed by atoms with Crippen molar-refractivity contribution in [2.24, 2.45) is 5.92 Å². The maximum absolute atomic E-state index is 14.4. The number of aromatic hydroxyl groups is 1. The van der Waals surface area contributed by atoms with Gasteiger partial charge in [-0.3, -0.25) is 9.59 Å². The van der Waals surface area contributed by atoms with E-state index in [1.54, 1.807) is 18.3 Å². The summed E-state index contributed by atoms with van der Waals surface area (Å²) < 4.78 is 25.7. The second-order valence-electron chi connectivity index (χ2n) is 16.6. The number of esters is 1. The molecule has 1 fully saturated rings. The van der Waals surface area contributed by atoms with E-state index in [0.29, 0.717) is 81.6 Å². The molecular weight excluding hydrogens is 757 g/mol. The number of para-hydroxylation sites is 1. The number of hydrogen-bond acceptors (Lipinski definition) is 12. The number of amides is 2. The van der Waals surface area contributed by atoms with Crippen molar-refractivity contribution >= 4 is 34.4 Å². The van der Waals surface area contributed by atoms with Crippen molar-refractivity contribution in [2.75, 3.05) is 12.4 Å². The fourth-order valence-corrected chi connectivity index (χ4v) is 9.89. The third-order valence-corrected chi connectivity index (χ3v) is 12.8. The average Bonchev–Trinajstić information content (AvgIpc) is 4.05. The van der Waals surface area contributed by atoms with E-state index in [-0.39, 0.29) is 47.0 Å². The van der Waals surface area contributed by atoms with Crippen LogP contribution in [0.2, 0.25) is 0 Å². The molecule has 4 aliphatic heterocycles. The molecule has 300 valence electrons. The first-order chi connectivity index (χ1) is 28.5. The summed E-state index contributed by atoms with van der Waals surface area (Å²) in [5.74, 6) is -1.08. The van der Waals surface area contributed by atoms with Gasteiger partial charge in [0.15, 0.2) is 29.1 Å². The van der Waals surface area contributed by atoms with Crippen LogP contribution >= 0.6 is 0 Å². The van der Waals surface area contributed by atoms with Crippen molar-refractivity contribution in [3.05, 3.63) is 88.8 Å². The molecule has 2 unspecified atom stereocenters. The minimum atomic E-state index is -1.58. The molecule has 15 nitrogen and oxygen atoms in total. The van der Waals surface area contributed by atoms with Gasteiger partial charge in [-0.05, 0) is 42.5 Å². The largest absolute Gasteiger partial charge is 0.507 e. The number of aromatic amines is 1. The van der Waals surface area contributed by atoms with E-state index in [0.717, 1.165) is 12.0 Å². The summed E-state index contributed by atoms with van der Waals surface area (Å²) in [7, 11) is 1.26. The number of ether oxygens (including phenoxy) is 2. The standard InChI is InChI=1S/C44H40N6O9/c1-19(2)31-38-49-34-36(59-38)44-23-9-7-8-21(30-27(51)12-11-25-29(30)22(18-45-25)35-33(40(53)56-3)48-39(34)58-35)32(23)50-42(44)57-28-13-10-20(16-24(28)44)17-26(37(52)47-31)46-41(54)43(55)14-5-4-6-15-43/h7-13,16,18-19,26,31,42,45,50-51,55H,4-6,14-15,17H2,1-3H3,(H,46,54)(H,47,52)/t26-,31-,42?,44?/m0/s1. The molecule has 5 aliphatic rings. The average molecular weight is 797 g/mol. The third-order valence-electron chi connectivity index (χ3n) is 12.8. The Balaban J connectivity index is 1.21. The Bertz CT molecular complexity index is 2790. The summed E-state index contributed by atoms with van der Waals surface area (Å²) in [5, 5.41) is 33.4. The number of H-pyrrole nitrogens is 1. The number of phenols is 1. The van der Waals surface area contributed by atoms with Gasteiger partial charge >= 0.3 is 5.97 Å². The summed E-state index contributed by atoms with van der Waals surface area (Å²) in [4.78, 5) is 54.9. The molecule has 11 rings (SSSR count). The molecule has 10 bridgehead atoms. The minimum Gasteiger partial charge on any atom is -0.507 e. The molecule has 0 radical (unpaired) electrons. The van der Waals surface area contributed by atoms with E-state index in [1.165, 1.54) is 7.11 Å². The molecule has 3 aromatic heterocycles. The zero-order valence-electron chi connectivity index (χ0n) is 32.4. The van der Waals surface area contributed by atoms with Gasteiger partial charge in [0, 0.05) is 57.0 Å². The number of benzene rings is 3. The normalized spacial score (nSPS) is 23.0. The van der Waals surface area contributed by atoms with Crippen molar-refractivity contribution in [1.29, 1.82) is 0 Å². The van der Waals surface area contributed by atoms with Gasteiger partial charge in [-0.2, -0.15) is 4.98 Å². The number of carbonyl (C=O) groups excluding carboxylic acids is 3. The molecule has 1 saturated carbocycles. The molecule has 6 aromatic rings. The van der Waals surface area contributed by atoms with Crippen LogP contribution in [0.4, 0.5) is 5.69 Å². The Morgan fingerprint density at radius 3 is 2.63 bits per heavy atom. The van der Waals surface area contributed by atoms with Crippen molar-refractivity contribution in [3.8, 4) is 45.5 Å². The Kier molecular flexibility index (Phi) is 7.50. The highest BCUT2D eigenvalue weighted by atomic mass is 16.5. The van der Waals surface area contributed by atoms with Crippen LogP contribution < -0.4 is 20.7 Å². The molecule has 0 saturated heterocycles. The number of methoxy groups -OCH3 is 1. The first-order valence-electron chi connectivity index (χ1n) is 20.0. The number of fused-ring (bicyclic) bond motifs is 7. The molecule has 7 heterocycles. The van der Waals surface area contributed by atoms with E-state index in [4.69, 9.17) is 28.3 Å². The van der Waals surface area contributed by atoms with Gasteiger partial charge in [-0.15, -0.1) is 0 Å². The lowest BCUT2D eigenvalue weighted by atomic mass is 9.72. The first-order valence-corrected chi connectivity index (χ1v) is 20.0. The van der Waals surface area contributed by atoms with Crippen molar-refractivity contribution in [3.63, 3.8) is 0 Å². The lowest BCUT2D eigenvalue weighted by molar-refractivity contribution is -0.145. The van der Waals surface area contributed by atoms with Gasteiger partial charge in [0.2, 0.25) is 17.7 Å². The van der Waals surface area contributed by atoms with Gasteiger partial charge in [0.05, 0.1) is 7.11 Å². The van der Waals surface area contributed by atoms with Crippen LogP contribution in [-0.2, 0) is 26.2 Å². The van der Waals surface area contributed by atoms with Crippen molar-refractivity contribution in [2.45, 2.75) is 81.7 Å². The maximum atomic E-state index is 14.4. The van der Waals surface area contributed by atoms with Gasteiger partial charge < -0.3 is 49.5 Å². The van der Waals surface area contributed by atoms with E-state index < -0.39 is 47.1 Å². The SMILES string of the molecule is COC(=O)c1nc2oc1-c1c[nH]c3ccc(O)c(c13)-c1cccc3c1NC1Oc4ccc5cc4C31c1oc(nc1-2)[C@H](C(C)C)NC(=O)[C@@H](NC(=O)C1(O)CCCCC1)C5. The molecule has 3 aromatic carbocycles. The highest BCUT2D eigenvalue weighted by Crippen LogP contribution is 2.62. The fourth-order valence-electron chi connectivity index (χ4n) is 9.89. The smallest absolute Gasteiger partial charge is 0.360 e. The highest BCUT2D eigenvalue weighted by molar-refractivity contribution is 6.11. The van der Waals surface area contributed by atoms with Gasteiger partial charge in [-0.25, -0.2) is 9.78 Å². The molecule has 1 aliphatic carbocycles. The van der Waals surface area contributed by atoms with Crippen LogP contribution in [0.3, 0.4) is 0 Å². The number of hydrogen-bond donors (Lipinski definition) is 6. The van der Waals surface area contributed by atoms with Crippen LogP contribution in [0.5, 0.6) is 11.5 Å². The molecule has 15 heteroatoms. The number of rotatable bonds is 4. The number of aliphatic hydroxyl groups is 1. The van der Waals surface area contributed by atoms with Gasteiger partial charge in [0.25, 0.3) is 5.91 Å². The summed E-state index contributed by atoms with van der Waals surface area (Å²) in [5.41, 5.74) is 2.30. The molecule has 4 atom stereocenters. The van der Waals surface area contributed by atoms with Crippen LogP contribution in [-0.4, -0.2) is 67.9 Å². The Hall–Kier alpha value is -6.61. The maximum Gasteiger partial charge on any atom is 0.360 e. The summed E-state index contributed by atoms with van der Waals surface area (Å²) in [6.45, 7) is 3.83. The van der Waals surface area contributed by atoms with E-state index in [1.807, 2.05) is 50.2 Å². The Morgan fingerprint density at radius 1 is 1.00 bits per heavy atom. The van der Waals surface area contributed by atoms with Gasteiger partial charge in [0.1, 0.15) is 34.6 Å². The number of nitrogens with one attached hydrogen (secondary N) is 4. The number of phenolic OH excluding ortho intramolecular Hbond substituents is 1. The lowest BCUT2D eigenvalue weighted by Crippen LogP contribution is -2.56. The second kappa shape index (κ2) is 12.4. The number of nitrogens with zero attached hydrogens (tertiary/aromatic N) is 2. The topological polar surface area (TPSA) is 214 Å². The van der Waals surface area contributed by atoms with E-state index in [9.17, 15) is 24.6 Å².